The molecule has 0 saturated carbocycles. The molecular weight excluding hydrogens is 338 g/mol. The summed E-state index contributed by atoms with van der Waals surface area (Å²) in [5, 5.41) is 15.4. The summed E-state index contributed by atoms with van der Waals surface area (Å²) in [6.45, 7) is 2.88. The summed E-state index contributed by atoms with van der Waals surface area (Å²) in [5.74, 6) is -2.63. The second-order valence-electron chi connectivity index (χ2n) is 4.90. The molecule has 0 spiro atoms. The van der Waals surface area contributed by atoms with Crippen molar-refractivity contribution >= 4 is 23.9 Å². The number of esters is 2. The summed E-state index contributed by atoms with van der Waals surface area (Å²) in [4.78, 5) is 45.2. The van der Waals surface area contributed by atoms with Crippen LogP contribution in [0.25, 0.3) is 0 Å². The van der Waals surface area contributed by atoms with Gasteiger partial charge in [-0.1, -0.05) is 0 Å². The molecule has 1 aliphatic rings. The first-order chi connectivity index (χ1) is 11.8. The molecule has 0 bridgehead atoms. The van der Waals surface area contributed by atoms with Gasteiger partial charge in [-0.15, -0.1) is 0 Å². The number of amides is 2. The van der Waals surface area contributed by atoms with Crippen LogP contribution in [-0.2, 0) is 14.3 Å². The molecule has 0 aromatic carbocycles. The number of carbonyl (C=O) groups excluding carboxylic acids is 3. The third-order valence-electron chi connectivity index (χ3n) is 3.19. The summed E-state index contributed by atoms with van der Waals surface area (Å²) in [6.07, 6.45) is 0. The lowest BCUT2D eigenvalue weighted by atomic mass is 10.0. The predicted octanol–water partition coefficient (Wildman–Crippen LogP) is 0.863. The van der Waals surface area contributed by atoms with E-state index in [9.17, 15) is 24.5 Å². The highest BCUT2D eigenvalue weighted by Gasteiger charge is 2.30. The molecule has 1 atom stereocenters. The average molecular weight is 353 g/mol. The molecule has 2 amide bonds. The van der Waals surface area contributed by atoms with Gasteiger partial charge in [0.25, 0.3) is 0 Å². The minimum atomic E-state index is -0.982. The fourth-order valence-electron chi connectivity index (χ4n) is 2.14. The maximum absolute atomic E-state index is 12.0. The maximum Gasteiger partial charge on any atom is 0.433 e. The number of hydrogen-bond donors (Lipinski definition) is 2. The Balaban J connectivity index is 2.15. The molecule has 134 valence electrons. The fraction of sp³-hybridized carbons (Fsp3) is 0.357. The minimum Gasteiger partial charge on any atom is -0.463 e. The predicted molar refractivity (Wildman–Crippen MR) is 80.4 cm³/mol. The van der Waals surface area contributed by atoms with E-state index in [2.05, 4.69) is 10.6 Å². The molecule has 0 aliphatic carbocycles. The minimum absolute atomic E-state index is 0.0594. The van der Waals surface area contributed by atoms with E-state index in [1.807, 2.05) is 0 Å². The van der Waals surface area contributed by atoms with Crippen LogP contribution in [0.3, 0.4) is 0 Å². The van der Waals surface area contributed by atoms with Crippen LogP contribution in [0, 0.1) is 10.1 Å². The lowest BCUT2D eigenvalue weighted by Gasteiger charge is -2.26. The normalized spacial score (nSPS) is 16.7. The number of ether oxygens (including phenoxy) is 2. The molecule has 0 radical (unpaired) electrons. The lowest BCUT2D eigenvalue weighted by Crippen LogP contribution is -2.50. The fourth-order valence-corrected chi connectivity index (χ4v) is 2.14. The van der Waals surface area contributed by atoms with E-state index in [1.165, 1.54) is 0 Å². The first-order valence-corrected chi connectivity index (χ1v) is 7.22. The van der Waals surface area contributed by atoms with E-state index >= 15 is 0 Å². The van der Waals surface area contributed by atoms with Gasteiger partial charge in [0.1, 0.15) is 11.5 Å². The monoisotopic (exact) mass is 353 g/mol. The zero-order valence-corrected chi connectivity index (χ0v) is 13.4. The number of urea groups is 1. The van der Waals surface area contributed by atoms with Gasteiger partial charge in [-0.3, -0.25) is 10.1 Å². The molecule has 11 heteroatoms. The Morgan fingerprint density at radius 2 is 2.04 bits per heavy atom. The smallest absolute Gasteiger partial charge is 0.433 e. The van der Waals surface area contributed by atoms with Crippen LogP contribution in [-0.4, -0.2) is 42.1 Å². The highest BCUT2D eigenvalue weighted by Crippen LogP contribution is 2.18. The van der Waals surface area contributed by atoms with Crippen molar-refractivity contribution < 1.29 is 33.2 Å². The molecule has 11 nitrogen and oxygen atoms in total. The van der Waals surface area contributed by atoms with Crippen molar-refractivity contribution in [2.75, 3.05) is 13.2 Å². The maximum atomic E-state index is 12.0. The zero-order chi connectivity index (χ0) is 18.6. The Bertz CT molecular complexity index is 751. The number of rotatable bonds is 6. The van der Waals surface area contributed by atoms with Crippen LogP contribution in [0.15, 0.2) is 27.8 Å². The molecule has 2 rings (SSSR count). The molecule has 1 aromatic heterocycles. The van der Waals surface area contributed by atoms with Crippen molar-refractivity contribution in [3.8, 4) is 0 Å². The van der Waals surface area contributed by atoms with Gasteiger partial charge in [-0.05, 0) is 19.9 Å². The summed E-state index contributed by atoms with van der Waals surface area (Å²) in [6, 6.07) is 0.880. The average Bonchev–Trinajstić information content (AvgIpc) is 3.02. The number of hydrogen-bond acceptors (Lipinski definition) is 8. The Kier molecular flexibility index (Phi) is 5.37. The van der Waals surface area contributed by atoms with E-state index in [-0.39, 0.29) is 23.6 Å². The Labute approximate surface area is 141 Å². The lowest BCUT2D eigenvalue weighted by molar-refractivity contribution is -0.402. The van der Waals surface area contributed by atoms with Gasteiger partial charge in [0.2, 0.25) is 5.76 Å². The molecule has 1 aliphatic heterocycles. The van der Waals surface area contributed by atoms with Crippen LogP contribution >= 0.6 is 0 Å². The van der Waals surface area contributed by atoms with Crippen LogP contribution in [0.1, 0.15) is 24.4 Å². The third kappa shape index (κ3) is 4.13. The van der Waals surface area contributed by atoms with Crippen LogP contribution < -0.4 is 10.6 Å². The first-order valence-electron chi connectivity index (χ1n) is 7.22. The van der Waals surface area contributed by atoms with Gasteiger partial charge in [0, 0.05) is 0 Å². The van der Waals surface area contributed by atoms with Crippen molar-refractivity contribution in [3.05, 3.63) is 39.3 Å². The molecule has 2 N–H and O–H groups in total. The second-order valence-corrected chi connectivity index (χ2v) is 4.90. The number of carbonyl (C=O) groups is 3. The van der Waals surface area contributed by atoms with Crippen molar-refractivity contribution in [3.63, 3.8) is 0 Å². The molecule has 1 aromatic rings. The molecule has 0 unspecified atom stereocenters. The highest BCUT2D eigenvalue weighted by molar-refractivity contribution is 5.95. The zero-order valence-electron chi connectivity index (χ0n) is 13.4. The topological polar surface area (TPSA) is 150 Å². The summed E-state index contributed by atoms with van der Waals surface area (Å²) >= 11 is 0. The Morgan fingerprint density at radius 1 is 1.32 bits per heavy atom. The van der Waals surface area contributed by atoms with Crippen molar-refractivity contribution in [1.29, 1.82) is 0 Å². The van der Waals surface area contributed by atoms with Crippen LogP contribution in [0.2, 0.25) is 0 Å². The van der Waals surface area contributed by atoms with Gasteiger partial charge in [-0.2, -0.15) is 0 Å². The summed E-state index contributed by atoms with van der Waals surface area (Å²) < 4.78 is 14.6. The van der Waals surface area contributed by atoms with Gasteiger partial charge < -0.3 is 24.5 Å². The summed E-state index contributed by atoms with van der Waals surface area (Å²) in [5.41, 5.74) is 0.170. The Hall–Kier alpha value is -3.37. The number of nitro groups is 1. The number of furan rings is 1. The van der Waals surface area contributed by atoms with Crippen molar-refractivity contribution in [1.82, 2.24) is 10.6 Å². The van der Waals surface area contributed by atoms with E-state index in [1.54, 1.807) is 13.8 Å². The Morgan fingerprint density at radius 3 is 2.64 bits per heavy atom. The number of nitrogens with one attached hydrogen (secondary N) is 2. The third-order valence-corrected chi connectivity index (χ3v) is 3.19. The molecule has 0 fully saturated rings. The van der Waals surface area contributed by atoms with E-state index in [4.69, 9.17) is 13.9 Å². The first kappa shape index (κ1) is 18.0. The second kappa shape index (κ2) is 7.47. The van der Waals surface area contributed by atoms with Crippen LogP contribution in [0.4, 0.5) is 10.7 Å². The van der Waals surface area contributed by atoms with E-state index in [0.29, 0.717) is 0 Å². The van der Waals surface area contributed by atoms with Crippen molar-refractivity contribution in [2.45, 2.75) is 19.9 Å². The van der Waals surface area contributed by atoms with Gasteiger partial charge >= 0.3 is 23.9 Å². The summed E-state index contributed by atoms with van der Waals surface area (Å²) in [7, 11) is 0. The van der Waals surface area contributed by atoms with Crippen molar-refractivity contribution in [2.24, 2.45) is 0 Å². The number of nitrogens with zero attached hydrogens (tertiary/aromatic N) is 1. The van der Waals surface area contributed by atoms with E-state index in [0.717, 1.165) is 12.1 Å². The molecule has 0 saturated heterocycles. The SMILES string of the molecule is CCOC(=O)C1=C(COC(=O)c2ccc([N+](=O)[O-])o2)NC(=O)N[C@H]1C. The van der Waals surface area contributed by atoms with Gasteiger partial charge in [-0.25, -0.2) is 14.4 Å². The standard InChI is InChI=1S/C14H15N3O8/c1-3-23-13(19)11-7(2)15-14(20)16-8(11)6-24-12(18)9-4-5-10(25-9)17(21)22/h4-5,7H,3,6H2,1-2H3,(H2,15,16,20)/t7-/m0/s1. The highest BCUT2D eigenvalue weighted by atomic mass is 16.7. The largest absolute Gasteiger partial charge is 0.463 e. The van der Waals surface area contributed by atoms with E-state index < -0.39 is 41.4 Å². The van der Waals surface area contributed by atoms with Gasteiger partial charge in [0.15, 0.2) is 0 Å². The molecular formula is C14H15N3O8. The quantitative estimate of drug-likeness (QED) is 0.434. The van der Waals surface area contributed by atoms with Crippen LogP contribution in [0.5, 0.6) is 0 Å². The molecule has 2 heterocycles. The molecule has 25 heavy (non-hydrogen) atoms. The van der Waals surface area contributed by atoms with Gasteiger partial charge in [0.05, 0.1) is 30.0 Å².